The predicted octanol–water partition coefficient (Wildman–Crippen LogP) is 1.09. The summed E-state index contributed by atoms with van der Waals surface area (Å²) < 4.78 is 4.94. The Kier molecular flexibility index (Phi) is 3.80. The minimum absolute atomic E-state index is 0.0845. The third-order valence-electron chi connectivity index (χ3n) is 0.904. The van der Waals surface area contributed by atoms with Crippen molar-refractivity contribution >= 4 is 0 Å². The Morgan fingerprint density at radius 1 is 1.56 bits per heavy atom. The zero-order valence-electron chi connectivity index (χ0n) is 5.68. The van der Waals surface area contributed by atoms with Crippen LogP contribution in [0.3, 0.4) is 0 Å². The first-order valence-electron chi connectivity index (χ1n) is 2.83. The molecule has 0 atom stereocenters. The molecule has 0 aliphatic rings. The first-order chi connectivity index (χ1) is 4.22. The molecule has 0 amide bonds. The van der Waals surface area contributed by atoms with Crippen LogP contribution in [-0.2, 0) is 4.74 Å². The summed E-state index contributed by atoms with van der Waals surface area (Å²) in [5.74, 6) is 0.472. The highest BCUT2D eigenvalue weighted by molar-refractivity contribution is 5.18. The third kappa shape index (κ3) is 2.93. The fourth-order valence-corrected chi connectivity index (χ4v) is 0.364. The lowest BCUT2D eigenvalue weighted by Crippen LogP contribution is -1.96. The highest BCUT2D eigenvalue weighted by atomic mass is 16.5. The Morgan fingerprint density at radius 3 is 2.44 bits per heavy atom. The van der Waals surface area contributed by atoms with Gasteiger partial charge >= 0.3 is 0 Å². The molecule has 0 aromatic carbocycles. The minimum atomic E-state index is -0.0845. The van der Waals surface area contributed by atoms with Gasteiger partial charge < -0.3 is 9.84 Å². The van der Waals surface area contributed by atoms with Gasteiger partial charge in [0.05, 0.1) is 13.2 Å². The van der Waals surface area contributed by atoms with Gasteiger partial charge in [0.1, 0.15) is 5.76 Å². The molecule has 52 valence electrons. The van der Waals surface area contributed by atoms with Gasteiger partial charge in [-0.2, -0.15) is 0 Å². The number of ether oxygens (including phenoxy) is 1. The zero-order chi connectivity index (χ0) is 7.28. The van der Waals surface area contributed by atoms with Crippen LogP contribution in [0.15, 0.2) is 24.5 Å². The highest BCUT2D eigenvalue weighted by Gasteiger charge is 1.95. The van der Waals surface area contributed by atoms with Crippen LogP contribution in [-0.4, -0.2) is 18.3 Å². The number of hydrogen-bond acceptors (Lipinski definition) is 2. The molecule has 0 spiro atoms. The van der Waals surface area contributed by atoms with Crippen LogP contribution >= 0.6 is 0 Å². The predicted molar refractivity (Wildman–Crippen MR) is 37.0 cm³/mol. The molecule has 0 radical (unpaired) electrons. The maximum absolute atomic E-state index is 8.49. The lowest BCUT2D eigenvalue weighted by molar-refractivity contribution is 0.226. The van der Waals surface area contributed by atoms with Crippen LogP contribution in [0.25, 0.3) is 0 Å². The second-order valence-corrected chi connectivity index (χ2v) is 1.62. The van der Waals surface area contributed by atoms with Crippen molar-refractivity contribution in [1.29, 1.82) is 0 Å². The van der Waals surface area contributed by atoms with Gasteiger partial charge in [-0.25, -0.2) is 0 Å². The molecule has 0 bridgehead atoms. The largest absolute Gasteiger partial charge is 0.494 e. The SMILES string of the molecule is C=C(CO)C(=C)OCC. The molecule has 1 N–H and O–H groups in total. The second-order valence-electron chi connectivity index (χ2n) is 1.62. The Balaban J connectivity index is 3.60. The van der Waals surface area contributed by atoms with E-state index in [1.54, 1.807) is 0 Å². The normalized spacial score (nSPS) is 8.67. The van der Waals surface area contributed by atoms with Crippen molar-refractivity contribution in [1.82, 2.24) is 0 Å². The first-order valence-corrected chi connectivity index (χ1v) is 2.83. The summed E-state index contributed by atoms with van der Waals surface area (Å²) >= 11 is 0. The number of aliphatic hydroxyl groups is 1. The van der Waals surface area contributed by atoms with Gasteiger partial charge in [-0.3, -0.25) is 0 Å². The Bertz CT molecular complexity index is 116. The molecule has 0 saturated carbocycles. The number of rotatable bonds is 4. The van der Waals surface area contributed by atoms with Crippen molar-refractivity contribution < 1.29 is 9.84 Å². The Morgan fingerprint density at radius 2 is 2.11 bits per heavy atom. The Hall–Kier alpha value is -0.760. The summed E-state index contributed by atoms with van der Waals surface area (Å²) in [6.07, 6.45) is 0. The number of hydrogen-bond donors (Lipinski definition) is 1. The molecule has 2 nitrogen and oxygen atoms in total. The van der Waals surface area contributed by atoms with Crippen molar-refractivity contribution in [2.75, 3.05) is 13.2 Å². The first kappa shape index (κ1) is 8.24. The summed E-state index contributed by atoms with van der Waals surface area (Å²) in [6.45, 7) is 9.39. The zero-order valence-corrected chi connectivity index (χ0v) is 5.68. The standard InChI is InChI=1S/C7H12O2/c1-4-9-7(3)6(2)5-8/h8H,2-5H2,1H3. The fraction of sp³-hybridized carbons (Fsp3) is 0.429. The molecule has 0 unspecified atom stereocenters. The summed E-state index contributed by atoms with van der Waals surface area (Å²) in [7, 11) is 0. The van der Waals surface area contributed by atoms with E-state index in [9.17, 15) is 0 Å². The van der Waals surface area contributed by atoms with Gasteiger partial charge in [-0.1, -0.05) is 13.2 Å². The molecule has 0 aliphatic heterocycles. The topological polar surface area (TPSA) is 29.5 Å². The van der Waals surface area contributed by atoms with E-state index < -0.39 is 0 Å². The van der Waals surface area contributed by atoms with Gasteiger partial charge in [-0.15, -0.1) is 0 Å². The lowest BCUT2D eigenvalue weighted by Gasteiger charge is -2.05. The monoisotopic (exact) mass is 128 g/mol. The van der Waals surface area contributed by atoms with Crippen molar-refractivity contribution in [3.05, 3.63) is 24.5 Å². The second kappa shape index (κ2) is 4.15. The molecule has 0 aliphatic carbocycles. The van der Waals surface area contributed by atoms with Crippen LogP contribution in [0.2, 0.25) is 0 Å². The van der Waals surface area contributed by atoms with Crippen molar-refractivity contribution in [2.24, 2.45) is 0 Å². The van der Waals surface area contributed by atoms with Gasteiger partial charge in [0, 0.05) is 5.57 Å². The van der Waals surface area contributed by atoms with E-state index in [1.165, 1.54) is 0 Å². The van der Waals surface area contributed by atoms with Crippen LogP contribution in [0.5, 0.6) is 0 Å². The molecule has 2 heteroatoms. The average Bonchev–Trinajstić information content (AvgIpc) is 1.87. The lowest BCUT2D eigenvalue weighted by atomic mass is 10.3. The fourth-order valence-electron chi connectivity index (χ4n) is 0.364. The van der Waals surface area contributed by atoms with Gasteiger partial charge in [0.15, 0.2) is 0 Å². The third-order valence-corrected chi connectivity index (χ3v) is 0.904. The van der Waals surface area contributed by atoms with Gasteiger partial charge in [0.2, 0.25) is 0 Å². The minimum Gasteiger partial charge on any atom is -0.494 e. The number of aliphatic hydroxyl groups excluding tert-OH is 1. The van der Waals surface area contributed by atoms with E-state index in [4.69, 9.17) is 9.84 Å². The van der Waals surface area contributed by atoms with Crippen molar-refractivity contribution in [3.63, 3.8) is 0 Å². The van der Waals surface area contributed by atoms with Crippen LogP contribution in [0.1, 0.15) is 6.92 Å². The molecule has 0 aromatic rings. The summed E-state index contributed by atoms with van der Waals surface area (Å²) in [5.41, 5.74) is 0.539. The summed E-state index contributed by atoms with van der Waals surface area (Å²) in [4.78, 5) is 0. The van der Waals surface area contributed by atoms with Crippen LogP contribution < -0.4 is 0 Å². The molecule has 0 aromatic heterocycles. The molecule has 0 fully saturated rings. The van der Waals surface area contributed by atoms with E-state index in [-0.39, 0.29) is 6.61 Å². The molecule has 0 rings (SSSR count). The molecule has 0 heterocycles. The average molecular weight is 128 g/mol. The van der Waals surface area contributed by atoms with Gasteiger partial charge in [-0.05, 0) is 6.92 Å². The van der Waals surface area contributed by atoms with E-state index in [2.05, 4.69) is 13.2 Å². The maximum atomic E-state index is 8.49. The summed E-state index contributed by atoms with van der Waals surface area (Å²) in [6, 6.07) is 0. The van der Waals surface area contributed by atoms with Crippen molar-refractivity contribution in [2.45, 2.75) is 6.92 Å². The van der Waals surface area contributed by atoms with Crippen molar-refractivity contribution in [3.8, 4) is 0 Å². The van der Waals surface area contributed by atoms with E-state index in [0.29, 0.717) is 17.9 Å². The van der Waals surface area contributed by atoms with Crippen LogP contribution in [0.4, 0.5) is 0 Å². The highest BCUT2D eigenvalue weighted by Crippen LogP contribution is 2.03. The Labute approximate surface area is 55.5 Å². The molecular formula is C7H12O2. The van der Waals surface area contributed by atoms with E-state index >= 15 is 0 Å². The molecular weight excluding hydrogens is 116 g/mol. The van der Waals surface area contributed by atoms with Gasteiger partial charge in [0.25, 0.3) is 0 Å². The summed E-state index contributed by atoms with van der Waals surface area (Å²) in [5, 5.41) is 8.49. The molecule has 9 heavy (non-hydrogen) atoms. The van der Waals surface area contributed by atoms with Crippen LogP contribution in [0, 0.1) is 0 Å². The van der Waals surface area contributed by atoms with E-state index in [1.807, 2.05) is 6.92 Å². The van der Waals surface area contributed by atoms with E-state index in [0.717, 1.165) is 0 Å². The quantitative estimate of drug-likeness (QED) is 0.453. The maximum Gasteiger partial charge on any atom is 0.117 e. The smallest absolute Gasteiger partial charge is 0.117 e. The molecule has 0 saturated heterocycles.